The van der Waals surface area contributed by atoms with Gasteiger partial charge in [0, 0.05) is 11.4 Å². The van der Waals surface area contributed by atoms with Crippen LogP contribution in [0.25, 0.3) is 0 Å². The number of aryl methyl sites for hydroxylation is 2. The van der Waals surface area contributed by atoms with E-state index in [9.17, 15) is 0 Å². The Morgan fingerprint density at radius 3 is 2.62 bits per heavy atom. The Balaban J connectivity index is 1.79. The van der Waals surface area contributed by atoms with E-state index in [0.29, 0.717) is 21.0 Å². The van der Waals surface area contributed by atoms with Gasteiger partial charge < -0.3 is 15.8 Å². The van der Waals surface area contributed by atoms with E-state index in [1.807, 2.05) is 44.2 Å². The number of rotatable bonds is 4. The lowest BCUT2D eigenvalue weighted by Crippen LogP contribution is -2.03. The highest BCUT2D eigenvalue weighted by Gasteiger charge is 2.08. The lowest BCUT2D eigenvalue weighted by molar-refractivity contribution is 0.476. The van der Waals surface area contributed by atoms with E-state index >= 15 is 0 Å². The van der Waals surface area contributed by atoms with Crippen LogP contribution in [0.2, 0.25) is 0 Å². The van der Waals surface area contributed by atoms with Gasteiger partial charge in [0.1, 0.15) is 27.2 Å². The van der Waals surface area contributed by atoms with E-state index in [0.717, 1.165) is 22.7 Å². The summed E-state index contributed by atoms with van der Waals surface area (Å²) in [4.78, 5) is 12.5. The van der Waals surface area contributed by atoms with Crippen LogP contribution in [-0.4, -0.2) is 15.0 Å². The maximum Gasteiger partial charge on any atom is 0.158 e. The van der Waals surface area contributed by atoms with E-state index in [4.69, 9.17) is 10.5 Å². The van der Waals surface area contributed by atoms with Crippen molar-refractivity contribution < 1.29 is 4.74 Å². The molecule has 24 heavy (non-hydrogen) atoms. The molecule has 3 aromatic rings. The summed E-state index contributed by atoms with van der Waals surface area (Å²) in [6, 6.07) is 9.61. The van der Waals surface area contributed by atoms with Gasteiger partial charge in [-0.1, -0.05) is 0 Å². The molecule has 7 heteroatoms. The smallest absolute Gasteiger partial charge is 0.158 e. The molecule has 0 spiro atoms. The Bertz CT molecular complexity index is 867. The van der Waals surface area contributed by atoms with Crippen molar-refractivity contribution in [3.8, 4) is 11.5 Å². The van der Waals surface area contributed by atoms with E-state index < -0.39 is 0 Å². The summed E-state index contributed by atoms with van der Waals surface area (Å²) >= 11 is 2.08. The largest absolute Gasteiger partial charge is 0.455 e. The zero-order chi connectivity index (χ0) is 17.1. The molecule has 0 atom stereocenters. The second kappa shape index (κ2) is 7.00. The standard InChI is InChI=1S/C17H16IN5O/c1-10-7-12(23-17-15(19)16(18)21-9-22-17)4-6-14(10)24-13-5-3-11(2)20-8-13/h3-9H,19H2,1-2H3,(H,21,22,23). The van der Waals surface area contributed by atoms with Crippen LogP contribution in [0.1, 0.15) is 11.3 Å². The topological polar surface area (TPSA) is 86.0 Å². The predicted molar refractivity (Wildman–Crippen MR) is 103 cm³/mol. The number of hydrogen-bond donors (Lipinski definition) is 2. The summed E-state index contributed by atoms with van der Waals surface area (Å²) in [6.07, 6.45) is 3.19. The van der Waals surface area contributed by atoms with Crippen LogP contribution in [0.3, 0.4) is 0 Å². The summed E-state index contributed by atoms with van der Waals surface area (Å²) in [6.45, 7) is 3.92. The summed E-state index contributed by atoms with van der Waals surface area (Å²) in [5, 5.41) is 3.20. The molecule has 6 nitrogen and oxygen atoms in total. The number of nitrogens with zero attached hydrogens (tertiary/aromatic N) is 3. The van der Waals surface area contributed by atoms with Gasteiger partial charge in [-0.05, 0) is 72.3 Å². The van der Waals surface area contributed by atoms with Gasteiger partial charge in [-0.2, -0.15) is 0 Å². The number of nitrogen functional groups attached to an aromatic ring is 1. The van der Waals surface area contributed by atoms with Crippen LogP contribution in [0.5, 0.6) is 11.5 Å². The molecule has 0 aliphatic heterocycles. The van der Waals surface area contributed by atoms with Crippen molar-refractivity contribution in [2.45, 2.75) is 13.8 Å². The molecule has 1 aromatic carbocycles. The van der Waals surface area contributed by atoms with Crippen LogP contribution in [0.15, 0.2) is 42.9 Å². The Kier molecular flexibility index (Phi) is 4.79. The minimum Gasteiger partial charge on any atom is -0.455 e. The van der Waals surface area contributed by atoms with Crippen molar-refractivity contribution in [2.75, 3.05) is 11.1 Å². The maximum atomic E-state index is 5.99. The zero-order valence-electron chi connectivity index (χ0n) is 13.2. The zero-order valence-corrected chi connectivity index (χ0v) is 15.4. The lowest BCUT2D eigenvalue weighted by Gasteiger charge is -2.12. The number of pyridine rings is 1. The van der Waals surface area contributed by atoms with E-state index in [1.165, 1.54) is 6.33 Å². The molecule has 0 aliphatic rings. The van der Waals surface area contributed by atoms with Crippen molar-refractivity contribution >= 4 is 39.8 Å². The van der Waals surface area contributed by atoms with Crippen LogP contribution in [-0.2, 0) is 0 Å². The third-order valence-electron chi connectivity index (χ3n) is 3.38. The molecule has 0 fully saturated rings. The number of anilines is 3. The van der Waals surface area contributed by atoms with Gasteiger partial charge in [-0.3, -0.25) is 4.98 Å². The molecule has 2 heterocycles. The van der Waals surface area contributed by atoms with Gasteiger partial charge in [0.25, 0.3) is 0 Å². The van der Waals surface area contributed by atoms with Gasteiger partial charge in [-0.25, -0.2) is 9.97 Å². The minimum absolute atomic E-state index is 0.529. The van der Waals surface area contributed by atoms with E-state index in [-0.39, 0.29) is 0 Å². The molecule has 0 bridgehead atoms. The molecule has 0 amide bonds. The molecule has 122 valence electrons. The normalized spacial score (nSPS) is 10.5. The fourth-order valence-electron chi connectivity index (χ4n) is 2.09. The molecule has 2 aromatic heterocycles. The van der Waals surface area contributed by atoms with Gasteiger partial charge in [-0.15, -0.1) is 0 Å². The second-order valence-electron chi connectivity index (χ2n) is 5.27. The summed E-state index contributed by atoms with van der Waals surface area (Å²) in [5.74, 6) is 2.07. The Morgan fingerprint density at radius 1 is 1.08 bits per heavy atom. The minimum atomic E-state index is 0.529. The molecule has 0 saturated carbocycles. The third-order valence-corrected chi connectivity index (χ3v) is 4.24. The van der Waals surface area contributed by atoms with Crippen molar-refractivity contribution in [1.82, 2.24) is 15.0 Å². The number of halogens is 1. The van der Waals surface area contributed by atoms with Crippen molar-refractivity contribution in [3.63, 3.8) is 0 Å². The first kappa shape index (κ1) is 16.4. The predicted octanol–water partition coefficient (Wildman–Crippen LogP) is 4.21. The van der Waals surface area contributed by atoms with Gasteiger partial charge in [0.05, 0.1) is 6.20 Å². The molecule has 3 N–H and O–H groups in total. The van der Waals surface area contributed by atoms with Crippen molar-refractivity contribution in [2.24, 2.45) is 0 Å². The Hall–Kier alpha value is -2.42. The number of aromatic nitrogens is 3. The van der Waals surface area contributed by atoms with Crippen LogP contribution < -0.4 is 15.8 Å². The fraction of sp³-hybridized carbons (Fsp3) is 0.118. The summed E-state index contributed by atoms with van der Waals surface area (Å²) in [5.41, 5.74) is 9.34. The molecule has 0 aliphatic carbocycles. The number of hydrogen-bond acceptors (Lipinski definition) is 6. The first-order valence-electron chi connectivity index (χ1n) is 7.27. The first-order valence-corrected chi connectivity index (χ1v) is 8.35. The number of ether oxygens (including phenoxy) is 1. The Labute approximate surface area is 153 Å². The molecule has 3 rings (SSSR count). The lowest BCUT2D eigenvalue weighted by atomic mass is 10.2. The first-order chi connectivity index (χ1) is 11.5. The number of benzene rings is 1. The SMILES string of the molecule is Cc1ccc(Oc2ccc(Nc3ncnc(I)c3N)cc2C)cn1. The summed E-state index contributed by atoms with van der Waals surface area (Å²) in [7, 11) is 0. The highest BCUT2D eigenvalue weighted by Crippen LogP contribution is 2.29. The van der Waals surface area contributed by atoms with Gasteiger partial charge in [0.15, 0.2) is 5.82 Å². The maximum absolute atomic E-state index is 5.99. The average Bonchev–Trinajstić information content (AvgIpc) is 2.56. The number of nitrogens with two attached hydrogens (primary N) is 1. The number of nitrogens with one attached hydrogen (secondary N) is 1. The van der Waals surface area contributed by atoms with Gasteiger partial charge in [0.2, 0.25) is 0 Å². The molecule has 0 saturated heterocycles. The average molecular weight is 433 g/mol. The van der Waals surface area contributed by atoms with Crippen molar-refractivity contribution in [3.05, 3.63) is 57.8 Å². The van der Waals surface area contributed by atoms with Gasteiger partial charge >= 0.3 is 0 Å². The van der Waals surface area contributed by atoms with Crippen LogP contribution in [0, 0.1) is 17.5 Å². The highest BCUT2D eigenvalue weighted by atomic mass is 127. The molecular weight excluding hydrogens is 417 g/mol. The monoisotopic (exact) mass is 433 g/mol. The molecular formula is C17H16IN5O. The summed E-state index contributed by atoms with van der Waals surface area (Å²) < 4.78 is 6.59. The highest BCUT2D eigenvalue weighted by molar-refractivity contribution is 14.1. The molecule has 0 unspecified atom stereocenters. The van der Waals surface area contributed by atoms with Crippen LogP contribution >= 0.6 is 22.6 Å². The van der Waals surface area contributed by atoms with Crippen LogP contribution in [0.4, 0.5) is 17.2 Å². The second-order valence-corrected chi connectivity index (χ2v) is 6.29. The Morgan fingerprint density at radius 2 is 1.92 bits per heavy atom. The molecule has 0 radical (unpaired) electrons. The van der Waals surface area contributed by atoms with E-state index in [2.05, 4.69) is 42.9 Å². The fourth-order valence-corrected chi connectivity index (χ4v) is 2.47. The quantitative estimate of drug-likeness (QED) is 0.474. The van der Waals surface area contributed by atoms with Crippen molar-refractivity contribution in [1.29, 1.82) is 0 Å². The third kappa shape index (κ3) is 3.73. The van der Waals surface area contributed by atoms with E-state index in [1.54, 1.807) is 6.20 Å².